The molecule has 0 fully saturated rings. The summed E-state index contributed by atoms with van der Waals surface area (Å²) in [5.74, 6) is 0. The smallest absolute Gasteiger partial charge is 0.321 e. The highest BCUT2D eigenvalue weighted by Crippen LogP contribution is 2.17. The van der Waals surface area contributed by atoms with Crippen molar-refractivity contribution < 1.29 is 4.79 Å². The molecule has 3 nitrogen and oxygen atoms in total. The van der Waals surface area contributed by atoms with Gasteiger partial charge < -0.3 is 10.2 Å². The van der Waals surface area contributed by atoms with E-state index >= 15 is 0 Å². The molecule has 0 bridgehead atoms. The van der Waals surface area contributed by atoms with Gasteiger partial charge in [-0.25, -0.2) is 4.79 Å². The number of hydrogen-bond acceptors (Lipinski definition) is 1. The number of unbranched alkanes of at least 4 members (excludes halogenated alkanes) is 1. The maximum atomic E-state index is 12.7. The standard InChI is InChI=1S/C22H30N2O/c1-5-6-14-24(15-13-20-10-7-17(2)8-11-20)22(25)23-21-12-9-18(3)16-19(21)4/h7-12,16H,5-6,13-15H2,1-4H3,(H,23,25). The molecule has 134 valence electrons. The summed E-state index contributed by atoms with van der Waals surface area (Å²) in [6, 6.07) is 14.7. The lowest BCUT2D eigenvalue weighted by Crippen LogP contribution is -2.37. The van der Waals surface area contributed by atoms with Crippen LogP contribution < -0.4 is 5.32 Å². The van der Waals surface area contributed by atoms with E-state index in [1.807, 2.05) is 24.0 Å². The van der Waals surface area contributed by atoms with E-state index in [9.17, 15) is 4.79 Å². The molecular weight excluding hydrogens is 308 g/mol. The van der Waals surface area contributed by atoms with Crippen molar-refractivity contribution in [1.82, 2.24) is 4.90 Å². The zero-order valence-corrected chi connectivity index (χ0v) is 15.9. The molecule has 1 N–H and O–H groups in total. The first-order chi connectivity index (χ1) is 12.0. The van der Waals surface area contributed by atoms with Gasteiger partial charge in [0.15, 0.2) is 0 Å². The van der Waals surface area contributed by atoms with Gasteiger partial charge in [-0.2, -0.15) is 0 Å². The minimum atomic E-state index is -0.00693. The second-order valence-electron chi connectivity index (χ2n) is 6.82. The molecule has 0 aliphatic heterocycles. The Labute approximate surface area is 152 Å². The van der Waals surface area contributed by atoms with E-state index in [0.29, 0.717) is 0 Å². The van der Waals surface area contributed by atoms with Crippen molar-refractivity contribution in [2.75, 3.05) is 18.4 Å². The van der Waals surface area contributed by atoms with Gasteiger partial charge in [-0.1, -0.05) is 60.9 Å². The van der Waals surface area contributed by atoms with Crippen LogP contribution in [-0.2, 0) is 6.42 Å². The second-order valence-corrected chi connectivity index (χ2v) is 6.82. The normalized spacial score (nSPS) is 10.6. The molecule has 0 saturated carbocycles. The number of anilines is 1. The predicted molar refractivity (Wildman–Crippen MR) is 106 cm³/mol. The highest BCUT2D eigenvalue weighted by molar-refractivity contribution is 5.90. The van der Waals surface area contributed by atoms with Crippen LogP contribution in [-0.4, -0.2) is 24.0 Å². The maximum absolute atomic E-state index is 12.7. The summed E-state index contributed by atoms with van der Waals surface area (Å²) in [6.07, 6.45) is 2.98. The molecule has 0 aliphatic carbocycles. The average Bonchev–Trinajstić information content (AvgIpc) is 2.59. The molecule has 25 heavy (non-hydrogen) atoms. The van der Waals surface area contributed by atoms with Crippen molar-refractivity contribution in [2.24, 2.45) is 0 Å². The van der Waals surface area contributed by atoms with Crippen LogP contribution >= 0.6 is 0 Å². The summed E-state index contributed by atoms with van der Waals surface area (Å²) in [5, 5.41) is 3.08. The van der Waals surface area contributed by atoms with Crippen molar-refractivity contribution in [3.05, 3.63) is 64.7 Å². The van der Waals surface area contributed by atoms with Crippen LogP contribution in [0.15, 0.2) is 42.5 Å². The monoisotopic (exact) mass is 338 g/mol. The van der Waals surface area contributed by atoms with Gasteiger partial charge in [0.1, 0.15) is 0 Å². The highest BCUT2D eigenvalue weighted by atomic mass is 16.2. The summed E-state index contributed by atoms with van der Waals surface area (Å²) in [5.41, 5.74) is 5.73. The van der Waals surface area contributed by atoms with Gasteiger partial charge in [0.05, 0.1) is 0 Å². The Hall–Kier alpha value is -2.29. The number of carbonyl (C=O) groups excluding carboxylic acids is 1. The van der Waals surface area contributed by atoms with Crippen molar-refractivity contribution in [3.8, 4) is 0 Å². The molecule has 2 amide bonds. The topological polar surface area (TPSA) is 32.3 Å². The fourth-order valence-corrected chi connectivity index (χ4v) is 2.83. The van der Waals surface area contributed by atoms with Crippen molar-refractivity contribution >= 4 is 11.7 Å². The van der Waals surface area contributed by atoms with Crippen molar-refractivity contribution in [3.63, 3.8) is 0 Å². The third-order valence-electron chi connectivity index (χ3n) is 4.48. The average molecular weight is 338 g/mol. The molecule has 0 atom stereocenters. The summed E-state index contributed by atoms with van der Waals surface area (Å²) in [4.78, 5) is 14.7. The molecule has 0 heterocycles. The minimum Gasteiger partial charge on any atom is -0.324 e. The Morgan fingerprint density at radius 3 is 2.28 bits per heavy atom. The van der Waals surface area contributed by atoms with E-state index in [1.165, 1.54) is 16.7 Å². The van der Waals surface area contributed by atoms with Crippen LogP contribution in [0.5, 0.6) is 0 Å². The maximum Gasteiger partial charge on any atom is 0.321 e. The van der Waals surface area contributed by atoms with Crippen molar-refractivity contribution in [2.45, 2.75) is 47.0 Å². The second kappa shape index (κ2) is 9.26. The van der Waals surface area contributed by atoms with Crippen LogP contribution in [0, 0.1) is 20.8 Å². The first-order valence-corrected chi connectivity index (χ1v) is 9.18. The van der Waals surface area contributed by atoms with E-state index < -0.39 is 0 Å². The molecule has 2 aromatic rings. The largest absolute Gasteiger partial charge is 0.324 e. The zero-order chi connectivity index (χ0) is 18.2. The fraction of sp³-hybridized carbons (Fsp3) is 0.409. The number of carbonyl (C=O) groups is 1. The third-order valence-corrected chi connectivity index (χ3v) is 4.48. The predicted octanol–water partition coefficient (Wildman–Crippen LogP) is 5.49. The number of hydrogen-bond donors (Lipinski definition) is 1. The number of benzene rings is 2. The van der Waals surface area contributed by atoms with Crippen LogP contribution in [0.4, 0.5) is 10.5 Å². The van der Waals surface area contributed by atoms with Gasteiger partial charge in [0, 0.05) is 18.8 Å². The van der Waals surface area contributed by atoms with Gasteiger partial charge in [0.25, 0.3) is 0 Å². The van der Waals surface area contributed by atoms with Gasteiger partial charge in [-0.15, -0.1) is 0 Å². The number of rotatable bonds is 7. The van der Waals surface area contributed by atoms with E-state index in [-0.39, 0.29) is 6.03 Å². The third kappa shape index (κ3) is 5.93. The lowest BCUT2D eigenvalue weighted by atomic mass is 10.1. The molecule has 0 aromatic heterocycles. The number of amides is 2. The van der Waals surface area contributed by atoms with Gasteiger partial charge in [-0.3, -0.25) is 0 Å². The summed E-state index contributed by atoms with van der Waals surface area (Å²) in [7, 11) is 0. The van der Waals surface area contributed by atoms with E-state index in [4.69, 9.17) is 0 Å². The molecule has 0 unspecified atom stereocenters. The first kappa shape index (κ1) is 19.0. The number of urea groups is 1. The lowest BCUT2D eigenvalue weighted by Gasteiger charge is -2.23. The Balaban J connectivity index is 2.01. The summed E-state index contributed by atoms with van der Waals surface area (Å²) >= 11 is 0. The molecule has 0 aliphatic rings. The van der Waals surface area contributed by atoms with Crippen LogP contribution in [0.25, 0.3) is 0 Å². The molecular formula is C22H30N2O. The molecule has 0 radical (unpaired) electrons. The van der Waals surface area contributed by atoms with Crippen LogP contribution in [0.3, 0.4) is 0 Å². The van der Waals surface area contributed by atoms with E-state index in [1.54, 1.807) is 0 Å². The highest BCUT2D eigenvalue weighted by Gasteiger charge is 2.14. The molecule has 2 rings (SSSR count). The summed E-state index contributed by atoms with van der Waals surface area (Å²) < 4.78 is 0. The molecule has 3 heteroatoms. The Morgan fingerprint density at radius 1 is 0.960 bits per heavy atom. The molecule has 0 saturated heterocycles. The first-order valence-electron chi connectivity index (χ1n) is 9.18. The quantitative estimate of drug-likeness (QED) is 0.711. The number of nitrogens with one attached hydrogen (secondary N) is 1. The minimum absolute atomic E-state index is 0.00693. The zero-order valence-electron chi connectivity index (χ0n) is 15.9. The Bertz CT molecular complexity index is 692. The van der Waals surface area contributed by atoms with Crippen molar-refractivity contribution in [1.29, 1.82) is 0 Å². The van der Waals surface area contributed by atoms with Gasteiger partial charge in [-0.05, 0) is 50.8 Å². The fourth-order valence-electron chi connectivity index (χ4n) is 2.83. The number of aryl methyl sites for hydroxylation is 3. The number of nitrogens with zero attached hydrogens (tertiary/aromatic N) is 1. The van der Waals surface area contributed by atoms with Gasteiger partial charge >= 0.3 is 6.03 Å². The summed E-state index contributed by atoms with van der Waals surface area (Å²) in [6.45, 7) is 9.87. The van der Waals surface area contributed by atoms with Crippen LogP contribution in [0.2, 0.25) is 0 Å². The van der Waals surface area contributed by atoms with Gasteiger partial charge in [0.2, 0.25) is 0 Å². The lowest BCUT2D eigenvalue weighted by molar-refractivity contribution is 0.211. The SMILES string of the molecule is CCCCN(CCc1ccc(C)cc1)C(=O)Nc1ccc(C)cc1C. The Morgan fingerprint density at radius 2 is 1.64 bits per heavy atom. The van der Waals surface area contributed by atoms with Crippen LogP contribution in [0.1, 0.15) is 42.0 Å². The van der Waals surface area contributed by atoms with E-state index in [2.05, 4.69) is 56.4 Å². The molecule has 0 spiro atoms. The Kier molecular flexibility index (Phi) is 7.05. The molecule has 2 aromatic carbocycles. The van der Waals surface area contributed by atoms with E-state index in [0.717, 1.165) is 43.6 Å².